The number of rotatable bonds is 5. The van der Waals surface area contributed by atoms with E-state index in [0.717, 1.165) is 24.0 Å². The van der Waals surface area contributed by atoms with E-state index in [-0.39, 0.29) is 29.1 Å². The fraction of sp³-hybridized carbons (Fsp3) is 0.333. The Hall–Kier alpha value is -2.23. The number of phenolic OH excluding ortho intramolecular Hbond substituents is 3. The van der Waals surface area contributed by atoms with Crippen molar-refractivity contribution in [3.63, 3.8) is 0 Å². The zero-order chi connectivity index (χ0) is 16.3. The Morgan fingerprint density at radius 2 is 1.27 bits per heavy atom. The van der Waals surface area contributed by atoms with Crippen molar-refractivity contribution in [2.45, 2.75) is 38.5 Å². The van der Waals surface area contributed by atoms with Crippen LogP contribution in [0.25, 0.3) is 0 Å². The highest BCUT2D eigenvalue weighted by molar-refractivity contribution is 5.43. The summed E-state index contributed by atoms with van der Waals surface area (Å²) in [5.41, 5.74) is 1.72. The van der Waals surface area contributed by atoms with Crippen LogP contribution in [-0.4, -0.2) is 15.3 Å². The first-order valence-electron chi connectivity index (χ1n) is 7.48. The monoisotopic (exact) mass is 304 g/mol. The van der Waals surface area contributed by atoms with Gasteiger partial charge in [-0.05, 0) is 60.1 Å². The highest BCUT2D eigenvalue weighted by Gasteiger charge is 2.23. The molecule has 2 aromatic rings. The third kappa shape index (κ3) is 3.16. The molecular formula is C18H21FO3. The van der Waals surface area contributed by atoms with Crippen LogP contribution < -0.4 is 0 Å². The molecule has 3 nitrogen and oxygen atoms in total. The second kappa shape index (κ2) is 6.69. The van der Waals surface area contributed by atoms with Gasteiger partial charge >= 0.3 is 0 Å². The molecule has 0 unspecified atom stereocenters. The molecular weight excluding hydrogens is 283 g/mol. The number of phenols is 3. The third-order valence-corrected chi connectivity index (χ3v) is 4.19. The molecule has 0 aliphatic carbocycles. The van der Waals surface area contributed by atoms with Crippen molar-refractivity contribution >= 4 is 0 Å². The third-order valence-electron chi connectivity index (χ3n) is 4.19. The summed E-state index contributed by atoms with van der Waals surface area (Å²) in [5, 5.41) is 28.5. The van der Waals surface area contributed by atoms with Crippen molar-refractivity contribution in [3.8, 4) is 17.2 Å². The summed E-state index contributed by atoms with van der Waals surface area (Å²) in [4.78, 5) is 0. The van der Waals surface area contributed by atoms with Crippen LogP contribution >= 0.6 is 0 Å². The Morgan fingerprint density at radius 1 is 0.773 bits per heavy atom. The molecule has 3 N–H and O–H groups in total. The van der Waals surface area contributed by atoms with Crippen LogP contribution in [0.1, 0.15) is 49.7 Å². The average molecular weight is 304 g/mol. The molecule has 0 bridgehead atoms. The van der Waals surface area contributed by atoms with Gasteiger partial charge in [0.15, 0.2) is 23.1 Å². The largest absolute Gasteiger partial charge is 0.505 e. The summed E-state index contributed by atoms with van der Waals surface area (Å²) in [6, 6.07) is 9.28. The van der Waals surface area contributed by atoms with Gasteiger partial charge in [-0.2, -0.15) is 0 Å². The van der Waals surface area contributed by atoms with Gasteiger partial charge in [0.1, 0.15) is 0 Å². The van der Waals surface area contributed by atoms with E-state index in [1.54, 1.807) is 18.2 Å². The quantitative estimate of drug-likeness (QED) is 0.706. The normalized spacial score (nSPS) is 13.8. The second-order valence-corrected chi connectivity index (χ2v) is 5.49. The van der Waals surface area contributed by atoms with E-state index < -0.39 is 5.82 Å². The Balaban J connectivity index is 2.41. The number of halogens is 1. The first-order valence-corrected chi connectivity index (χ1v) is 7.48. The van der Waals surface area contributed by atoms with Crippen molar-refractivity contribution in [2.75, 3.05) is 0 Å². The molecule has 0 aliphatic heterocycles. The molecule has 0 radical (unpaired) electrons. The van der Waals surface area contributed by atoms with Gasteiger partial charge < -0.3 is 15.3 Å². The van der Waals surface area contributed by atoms with Gasteiger partial charge in [-0.1, -0.05) is 26.0 Å². The summed E-state index contributed by atoms with van der Waals surface area (Å²) >= 11 is 0. The van der Waals surface area contributed by atoms with Crippen molar-refractivity contribution in [3.05, 3.63) is 53.3 Å². The van der Waals surface area contributed by atoms with Gasteiger partial charge in [0, 0.05) is 0 Å². The lowest BCUT2D eigenvalue weighted by Crippen LogP contribution is -2.10. The van der Waals surface area contributed by atoms with Crippen LogP contribution in [0.3, 0.4) is 0 Å². The zero-order valence-electron chi connectivity index (χ0n) is 12.8. The molecule has 0 saturated heterocycles. The number of aromatic hydroxyl groups is 3. The van der Waals surface area contributed by atoms with E-state index in [9.17, 15) is 19.7 Å². The first kappa shape index (κ1) is 16.1. The number of hydrogen-bond donors (Lipinski definition) is 3. The minimum atomic E-state index is -0.626. The van der Waals surface area contributed by atoms with Crippen LogP contribution in [0.2, 0.25) is 0 Å². The van der Waals surface area contributed by atoms with Gasteiger partial charge in [-0.15, -0.1) is 0 Å². The van der Waals surface area contributed by atoms with Crippen molar-refractivity contribution in [1.29, 1.82) is 0 Å². The van der Waals surface area contributed by atoms with Crippen molar-refractivity contribution in [1.82, 2.24) is 0 Å². The molecule has 0 aliphatic rings. The molecule has 2 aromatic carbocycles. The van der Waals surface area contributed by atoms with Crippen LogP contribution in [-0.2, 0) is 0 Å². The van der Waals surface area contributed by atoms with E-state index in [1.165, 1.54) is 18.2 Å². The predicted octanol–water partition coefficient (Wildman–Crippen LogP) is 4.63. The lowest BCUT2D eigenvalue weighted by Gasteiger charge is -2.26. The van der Waals surface area contributed by atoms with E-state index in [4.69, 9.17) is 0 Å². The van der Waals surface area contributed by atoms with Gasteiger partial charge in [0.25, 0.3) is 0 Å². The molecule has 2 rings (SSSR count). The molecule has 22 heavy (non-hydrogen) atoms. The fourth-order valence-corrected chi connectivity index (χ4v) is 3.03. The number of benzene rings is 2. The molecule has 0 spiro atoms. The van der Waals surface area contributed by atoms with Crippen molar-refractivity contribution in [2.24, 2.45) is 0 Å². The molecule has 4 heteroatoms. The molecule has 118 valence electrons. The number of hydrogen-bond acceptors (Lipinski definition) is 3. The standard InChI is InChI=1S/C18H21FO3/c1-3-13(11-5-7-16(20)15(19)9-11)14(4-2)12-6-8-17(21)18(22)10-12/h5-10,13-14,20-22H,3-4H2,1-2H3/t13-,14+/m0/s1. The lowest BCUT2D eigenvalue weighted by atomic mass is 9.78. The average Bonchev–Trinajstić information content (AvgIpc) is 2.50. The van der Waals surface area contributed by atoms with Crippen molar-refractivity contribution < 1.29 is 19.7 Å². The summed E-state index contributed by atoms with van der Waals surface area (Å²) in [6.45, 7) is 4.06. The maximum absolute atomic E-state index is 13.6. The smallest absolute Gasteiger partial charge is 0.165 e. The predicted molar refractivity (Wildman–Crippen MR) is 83.9 cm³/mol. The highest BCUT2D eigenvalue weighted by atomic mass is 19.1. The maximum Gasteiger partial charge on any atom is 0.165 e. The van der Waals surface area contributed by atoms with Gasteiger partial charge in [0.05, 0.1) is 0 Å². The van der Waals surface area contributed by atoms with Gasteiger partial charge in [-0.25, -0.2) is 4.39 Å². The Bertz CT molecular complexity index is 597. The first-order chi connectivity index (χ1) is 10.5. The Labute approximate surface area is 129 Å². The summed E-state index contributed by atoms with van der Waals surface area (Å²) in [5.74, 6) is -1.14. The molecule has 2 atom stereocenters. The van der Waals surface area contributed by atoms with Crippen LogP contribution in [0.4, 0.5) is 4.39 Å². The highest BCUT2D eigenvalue weighted by Crippen LogP contribution is 2.41. The van der Waals surface area contributed by atoms with Gasteiger partial charge in [0.2, 0.25) is 0 Å². The summed E-state index contributed by atoms with van der Waals surface area (Å²) < 4.78 is 13.6. The van der Waals surface area contributed by atoms with Gasteiger partial charge in [-0.3, -0.25) is 0 Å². The zero-order valence-corrected chi connectivity index (χ0v) is 12.8. The van der Waals surface area contributed by atoms with E-state index in [0.29, 0.717) is 0 Å². The minimum Gasteiger partial charge on any atom is -0.505 e. The van der Waals surface area contributed by atoms with Crippen LogP contribution in [0, 0.1) is 5.82 Å². The topological polar surface area (TPSA) is 60.7 Å². The molecule has 0 fully saturated rings. The summed E-state index contributed by atoms with van der Waals surface area (Å²) in [7, 11) is 0. The molecule has 0 aromatic heterocycles. The van der Waals surface area contributed by atoms with E-state index in [1.807, 2.05) is 13.8 Å². The van der Waals surface area contributed by atoms with Crippen LogP contribution in [0.15, 0.2) is 36.4 Å². The minimum absolute atomic E-state index is 0.0593. The maximum atomic E-state index is 13.6. The Kier molecular flexibility index (Phi) is 4.91. The Morgan fingerprint density at radius 3 is 1.73 bits per heavy atom. The second-order valence-electron chi connectivity index (χ2n) is 5.49. The molecule has 0 saturated carbocycles. The lowest BCUT2D eigenvalue weighted by molar-refractivity contribution is 0.401. The molecule has 0 heterocycles. The van der Waals surface area contributed by atoms with E-state index >= 15 is 0 Å². The molecule has 0 amide bonds. The van der Waals surface area contributed by atoms with E-state index in [2.05, 4.69) is 0 Å². The van der Waals surface area contributed by atoms with Crippen LogP contribution in [0.5, 0.6) is 17.2 Å². The fourth-order valence-electron chi connectivity index (χ4n) is 3.03. The SMILES string of the molecule is CC[C@H](c1ccc(O)c(O)c1)[C@@H](CC)c1ccc(O)c(F)c1. The summed E-state index contributed by atoms with van der Waals surface area (Å²) in [6.07, 6.45) is 1.61.